The summed E-state index contributed by atoms with van der Waals surface area (Å²) in [6.45, 7) is 0. The molecule has 0 saturated heterocycles. The molecule has 128 valence electrons. The van der Waals surface area contributed by atoms with Gasteiger partial charge in [0.1, 0.15) is 0 Å². The lowest BCUT2D eigenvalue weighted by molar-refractivity contribution is 0.122. The first-order chi connectivity index (χ1) is 10.2. The van der Waals surface area contributed by atoms with Crippen LogP contribution in [0.4, 0.5) is 0 Å². The monoisotopic (exact) mass is 382 g/mol. The molecule has 0 rings (SSSR count). The SMILES string of the molecule is CO[Si](CCCCCCCCCCCCCBr)(OC)OC. The normalized spacial score (nSPS) is 12.0. The van der Waals surface area contributed by atoms with Gasteiger partial charge in [-0.1, -0.05) is 73.7 Å². The highest BCUT2D eigenvalue weighted by atomic mass is 79.9. The lowest BCUT2D eigenvalue weighted by Crippen LogP contribution is -2.42. The van der Waals surface area contributed by atoms with Gasteiger partial charge in [-0.05, 0) is 12.8 Å². The summed E-state index contributed by atoms with van der Waals surface area (Å²) in [6, 6.07) is 0.935. The van der Waals surface area contributed by atoms with Gasteiger partial charge in [-0.2, -0.15) is 0 Å². The molecule has 0 aromatic rings. The molecule has 0 heterocycles. The van der Waals surface area contributed by atoms with Gasteiger partial charge in [0.15, 0.2) is 0 Å². The van der Waals surface area contributed by atoms with Crippen LogP contribution < -0.4 is 0 Å². The summed E-state index contributed by atoms with van der Waals surface area (Å²) in [5.74, 6) is 0. The number of halogens is 1. The fourth-order valence-electron chi connectivity index (χ4n) is 2.58. The van der Waals surface area contributed by atoms with Crippen LogP contribution in [0.15, 0.2) is 0 Å². The van der Waals surface area contributed by atoms with Crippen molar-refractivity contribution in [3.05, 3.63) is 0 Å². The largest absolute Gasteiger partial charge is 0.500 e. The lowest BCUT2D eigenvalue weighted by Gasteiger charge is -2.24. The molecule has 0 amide bonds. The molecule has 0 aromatic heterocycles. The Labute approximate surface area is 141 Å². The number of unbranched alkanes of at least 4 members (excludes halogenated alkanes) is 10. The van der Waals surface area contributed by atoms with Gasteiger partial charge in [-0.15, -0.1) is 0 Å². The Morgan fingerprint density at radius 3 is 1.24 bits per heavy atom. The van der Waals surface area contributed by atoms with E-state index in [1.54, 1.807) is 21.3 Å². The highest BCUT2D eigenvalue weighted by Gasteiger charge is 2.36. The van der Waals surface area contributed by atoms with Gasteiger partial charge >= 0.3 is 8.80 Å². The van der Waals surface area contributed by atoms with Crippen LogP contribution in [-0.4, -0.2) is 35.5 Å². The zero-order valence-corrected chi connectivity index (χ0v) is 16.9. The predicted molar refractivity (Wildman–Crippen MR) is 96.2 cm³/mol. The van der Waals surface area contributed by atoms with E-state index in [9.17, 15) is 0 Å². The van der Waals surface area contributed by atoms with Crippen LogP contribution >= 0.6 is 15.9 Å². The fraction of sp³-hybridized carbons (Fsp3) is 1.00. The Bertz CT molecular complexity index is 205. The average molecular weight is 383 g/mol. The Morgan fingerprint density at radius 2 is 0.905 bits per heavy atom. The lowest BCUT2D eigenvalue weighted by atomic mass is 10.1. The van der Waals surface area contributed by atoms with Crippen molar-refractivity contribution in [2.75, 3.05) is 26.7 Å². The fourth-order valence-corrected chi connectivity index (χ4v) is 4.78. The predicted octanol–water partition coefficient (Wildman–Crippen LogP) is 5.55. The van der Waals surface area contributed by atoms with E-state index >= 15 is 0 Å². The topological polar surface area (TPSA) is 27.7 Å². The summed E-state index contributed by atoms with van der Waals surface area (Å²) in [5.41, 5.74) is 0. The number of rotatable bonds is 16. The van der Waals surface area contributed by atoms with E-state index in [0.717, 1.165) is 17.8 Å². The Balaban J connectivity index is 3.29. The second kappa shape index (κ2) is 15.5. The van der Waals surface area contributed by atoms with Crippen molar-refractivity contribution < 1.29 is 13.3 Å². The van der Waals surface area contributed by atoms with Crippen LogP contribution in [0.2, 0.25) is 6.04 Å². The first kappa shape index (κ1) is 21.6. The molecular weight excluding hydrogens is 348 g/mol. The van der Waals surface area contributed by atoms with Crippen LogP contribution in [0.1, 0.15) is 70.6 Å². The maximum absolute atomic E-state index is 5.43. The van der Waals surface area contributed by atoms with Gasteiger partial charge in [0.2, 0.25) is 0 Å². The molecule has 0 aliphatic rings. The first-order valence-corrected chi connectivity index (χ1v) is 11.5. The second-order valence-electron chi connectivity index (χ2n) is 5.62. The summed E-state index contributed by atoms with van der Waals surface area (Å²) in [5, 5.41) is 1.16. The van der Waals surface area contributed by atoms with E-state index in [4.69, 9.17) is 13.3 Å². The average Bonchev–Trinajstić information content (AvgIpc) is 2.53. The smallest absolute Gasteiger partial charge is 0.377 e. The Kier molecular flexibility index (Phi) is 15.9. The van der Waals surface area contributed by atoms with Crippen molar-refractivity contribution in [1.29, 1.82) is 0 Å². The highest BCUT2D eigenvalue weighted by Crippen LogP contribution is 2.18. The van der Waals surface area contributed by atoms with Crippen LogP contribution in [0.3, 0.4) is 0 Å². The first-order valence-electron chi connectivity index (χ1n) is 8.46. The van der Waals surface area contributed by atoms with Crippen molar-refractivity contribution in [2.24, 2.45) is 0 Å². The molecule has 0 fully saturated rings. The summed E-state index contributed by atoms with van der Waals surface area (Å²) in [4.78, 5) is 0. The Morgan fingerprint density at radius 1 is 0.571 bits per heavy atom. The van der Waals surface area contributed by atoms with Gasteiger partial charge in [-0.25, -0.2) is 0 Å². The molecule has 0 saturated carbocycles. The van der Waals surface area contributed by atoms with Crippen LogP contribution in [0.25, 0.3) is 0 Å². The second-order valence-corrected chi connectivity index (χ2v) is 9.51. The van der Waals surface area contributed by atoms with Crippen LogP contribution in [-0.2, 0) is 13.3 Å². The zero-order chi connectivity index (χ0) is 15.8. The third kappa shape index (κ3) is 11.8. The molecule has 3 nitrogen and oxygen atoms in total. The van der Waals surface area contributed by atoms with E-state index in [2.05, 4.69) is 15.9 Å². The van der Waals surface area contributed by atoms with E-state index in [1.807, 2.05) is 0 Å². The third-order valence-electron chi connectivity index (χ3n) is 4.05. The summed E-state index contributed by atoms with van der Waals surface area (Å²) < 4.78 is 16.3. The molecular formula is C16H35BrO3Si. The molecule has 0 aliphatic heterocycles. The number of hydrogen-bond donors (Lipinski definition) is 0. The molecule has 0 unspecified atom stereocenters. The molecule has 5 heteroatoms. The van der Waals surface area contributed by atoms with Gasteiger partial charge in [0.25, 0.3) is 0 Å². The van der Waals surface area contributed by atoms with E-state index in [1.165, 1.54) is 64.2 Å². The van der Waals surface area contributed by atoms with Crippen LogP contribution in [0, 0.1) is 0 Å². The molecule has 0 bridgehead atoms. The van der Waals surface area contributed by atoms with Gasteiger partial charge < -0.3 is 13.3 Å². The maximum atomic E-state index is 5.43. The standard InChI is InChI=1S/C16H35BrO3Si/c1-18-21(19-2,20-3)16-14-12-10-8-6-4-5-7-9-11-13-15-17/h4-16H2,1-3H3. The summed E-state index contributed by atoms with van der Waals surface area (Å²) in [6.07, 6.45) is 14.8. The maximum Gasteiger partial charge on any atom is 0.500 e. The molecule has 0 aliphatic carbocycles. The van der Waals surface area contributed by atoms with E-state index in [0.29, 0.717) is 0 Å². The minimum absolute atomic E-state index is 0.935. The van der Waals surface area contributed by atoms with Crippen LogP contribution in [0.5, 0.6) is 0 Å². The van der Waals surface area contributed by atoms with Crippen molar-refractivity contribution in [3.63, 3.8) is 0 Å². The van der Waals surface area contributed by atoms with Crippen molar-refractivity contribution in [1.82, 2.24) is 0 Å². The minimum Gasteiger partial charge on any atom is -0.377 e. The van der Waals surface area contributed by atoms with Gasteiger partial charge in [0, 0.05) is 32.7 Å². The molecule has 0 spiro atoms. The summed E-state index contributed by atoms with van der Waals surface area (Å²) >= 11 is 3.48. The summed E-state index contributed by atoms with van der Waals surface area (Å²) in [7, 11) is 2.76. The van der Waals surface area contributed by atoms with Crippen molar-refractivity contribution in [3.8, 4) is 0 Å². The van der Waals surface area contributed by atoms with Gasteiger partial charge in [0.05, 0.1) is 0 Å². The molecule has 0 atom stereocenters. The zero-order valence-electron chi connectivity index (χ0n) is 14.3. The number of hydrogen-bond acceptors (Lipinski definition) is 3. The molecule has 0 N–H and O–H groups in total. The number of alkyl halides is 1. The Hall–Kier alpha value is 0.577. The quantitative estimate of drug-likeness (QED) is 0.199. The van der Waals surface area contributed by atoms with E-state index in [-0.39, 0.29) is 0 Å². The van der Waals surface area contributed by atoms with Crippen molar-refractivity contribution in [2.45, 2.75) is 76.7 Å². The highest BCUT2D eigenvalue weighted by molar-refractivity contribution is 9.09. The molecule has 0 aromatic carbocycles. The molecule has 21 heavy (non-hydrogen) atoms. The third-order valence-corrected chi connectivity index (χ3v) is 7.44. The minimum atomic E-state index is -2.32. The molecule has 0 radical (unpaired) electrons. The van der Waals surface area contributed by atoms with Gasteiger partial charge in [-0.3, -0.25) is 0 Å². The van der Waals surface area contributed by atoms with E-state index < -0.39 is 8.80 Å². The van der Waals surface area contributed by atoms with Crippen molar-refractivity contribution >= 4 is 24.7 Å².